The summed E-state index contributed by atoms with van der Waals surface area (Å²) in [7, 11) is 4.01. The number of nitrogens with one attached hydrogen (secondary N) is 1. The number of rotatable bonds is 7. The highest BCUT2D eigenvalue weighted by atomic mass is 32.1. The molecule has 0 fully saturated rings. The highest BCUT2D eigenvalue weighted by Gasteiger charge is 2.26. The number of carbonyl (C=O) groups is 1. The van der Waals surface area contributed by atoms with Gasteiger partial charge >= 0.3 is 0 Å². The summed E-state index contributed by atoms with van der Waals surface area (Å²) in [5.41, 5.74) is 4.21. The van der Waals surface area contributed by atoms with Crippen LogP contribution in [0.2, 0.25) is 0 Å². The van der Waals surface area contributed by atoms with Crippen molar-refractivity contribution in [3.05, 3.63) is 87.4 Å². The Hall–Kier alpha value is -2.54. The molecule has 0 radical (unpaired) electrons. The molecule has 3 heterocycles. The average Bonchev–Trinajstić information content (AvgIpc) is 3.23. The molecule has 1 aliphatic rings. The Bertz CT molecular complexity index is 968. The number of thiophene rings is 1. The smallest absolute Gasteiger partial charge is 0.252 e. The summed E-state index contributed by atoms with van der Waals surface area (Å²) in [6, 6.07) is 16.6. The number of hydrogen-bond donors (Lipinski definition) is 1. The van der Waals surface area contributed by atoms with Crippen molar-refractivity contribution in [2.24, 2.45) is 0 Å². The lowest BCUT2D eigenvalue weighted by atomic mass is 10.0. The van der Waals surface area contributed by atoms with Crippen LogP contribution in [0.4, 0.5) is 0 Å². The molecule has 0 aliphatic carbocycles. The molecule has 3 aromatic rings. The van der Waals surface area contributed by atoms with Crippen molar-refractivity contribution in [2.45, 2.75) is 25.6 Å². The quantitative estimate of drug-likeness (QED) is 0.633. The maximum absolute atomic E-state index is 12.8. The summed E-state index contributed by atoms with van der Waals surface area (Å²) in [4.78, 5) is 23.2. The van der Waals surface area contributed by atoms with Gasteiger partial charge in [-0.2, -0.15) is 0 Å². The number of pyridine rings is 1. The molecular weight excluding hydrogens is 392 g/mol. The van der Waals surface area contributed by atoms with E-state index in [1.807, 2.05) is 43.6 Å². The zero-order valence-electron chi connectivity index (χ0n) is 17.5. The molecule has 1 aromatic carbocycles. The number of amides is 1. The Balaban J connectivity index is 1.45. The lowest BCUT2D eigenvalue weighted by Gasteiger charge is -2.35. The normalized spacial score (nSPS) is 15.0. The molecule has 0 saturated heterocycles. The third-order valence-corrected chi connectivity index (χ3v) is 6.51. The van der Waals surface area contributed by atoms with Gasteiger partial charge in [0.05, 0.1) is 17.3 Å². The second-order valence-corrected chi connectivity index (χ2v) is 9.00. The summed E-state index contributed by atoms with van der Waals surface area (Å²) in [6.07, 6.45) is 2.74. The predicted molar refractivity (Wildman–Crippen MR) is 122 cm³/mol. The maximum Gasteiger partial charge on any atom is 0.252 e. The van der Waals surface area contributed by atoms with Crippen molar-refractivity contribution in [1.29, 1.82) is 0 Å². The fraction of sp³-hybridized carbons (Fsp3) is 0.333. The minimum Gasteiger partial charge on any atom is -0.350 e. The molecule has 1 amide bonds. The van der Waals surface area contributed by atoms with E-state index in [1.54, 1.807) is 6.20 Å². The standard InChI is InChI=1S/C24H28N4OS/c1-27(2)17-21-9-8-19(14-25-21)24(29)26-15-22(18-6-4-3-5-7-18)28-12-10-23-20(16-28)11-13-30-23/h3-9,11,13-14,22H,10,12,15-17H2,1-2H3,(H,26,29)/t22-/m0/s1. The molecule has 6 heteroatoms. The molecule has 1 atom stereocenters. The van der Waals surface area contributed by atoms with Crippen molar-refractivity contribution in [2.75, 3.05) is 27.2 Å². The van der Waals surface area contributed by atoms with Crippen molar-refractivity contribution in [3.63, 3.8) is 0 Å². The summed E-state index contributed by atoms with van der Waals surface area (Å²) < 4.78 is 0. The summed E-state index contributed by atoms with van der Waals surface area (Å²) >= 11 is 1.85. The number of nitrogens with zero attached hydrogens (tertiary/aromatic N) is 3. The third-order valence-electron chi connectivity index (χ3n) is 5.48. The van der Waals surface area contributed by atoms with Crippen LogP contribution < -0.4 is 5.32 Å². The largest absolute Gasteiger partial charge is 0.350 e. The van der Waals surface area contributed by atoms with Gasteiger partial charge in [-0.25, -0.2) is 0 Å². The van der Waals surface area contributed by atoms with Crippen LogP contribution in [0.25, 0.3) is 0 Å². The highest BCUT2D eigenvalue weighted by molar-refractivity contribution is 7.10. The average molecular weight is 421 g/mol. The molecule has 2 aromatic heterocycles. The van der Waals surface area contributed by atoms with E-state index in [2.05, 4.69) is 55.8 Å². The van der Waals surface area contributed by atoms with Crippen LogP contribution >= 0.6 is 11.3 Å². The lowest BCUT2D eigenvalue weighted by Crippen LogP contribution is -2.40. The Kier molecular flexibility index (Phi) is 6.57. The van der Waals surface area contributed by atoms with Crippen LogP contribution in [0, 0.1) is 0 Å². The zero-order valence-corrected chi connectivity index (χ0v) is 18.4. The van der Waals surface area contributed by atoms with Crippen LogP contribution in [0.1, 0.15) is 38.1 Å². The first kappa shape index (κ1) is 20.7. The molecule has 0 spiro atoms. The van der Waals surface area contributed by atoms with E-state index in [4.69, 9.17) is 0 Å². The topological polar surface area (TPSA) is 48.5 Å². The molecule has 0 unspecified atom stereocenters. The van der Waals surface area contributed by atoms with E-state index in [9.17, 15) is 4.79 Å². The first-order chi connectivity index (χ1) is 14.6. The lowest BCUT2D eigenvalue weighted by molar-refractivity contribution is 0.0927. The number of benzene rings is 1. The van der Waals surface area contributed by atoms with Crippen LogP contribution in [-0.2, 0) is 19.5 Å². The second-order valence-electron chi connectivity index (χ2n) is 8.00. The molecule has 1 aliphatic heterocycles. The number of aromatic nitrogens is 1. The van der Waals surface area contributed by atoms with Gasteiger partial charge in [-0.1, -0.05) is 30.3 Å². The van der Waals surface area contributed by atoms with Crippen molar-refractivity contribution in [3.8, 4) is 0 Å². The molecule has 0 bridgehead atoms. The van der Waals surface area contributed by atoms with Crippen LogP contribution in [-0.4, -0.2) is 47.9 Å². The summed E-state index contributed by atoms with van der Waals surface area (Å²) in [5.74, 6) is -0.0759. The van der Waals surface area contributed by atoms with E-state index in [1.165, 1.54) is 16.0 Å². The van der Waals surface area contributed by atoms with Gasteiger partial charge in [0.2, 0.25) is 0 Å². The summed E-state index contributed by atoms with van der Waals surface area (Å²) in [5, 5.41) is 5.33. The first-order valence-corrected chi connectivity index (χ1v) is 11.2. The molecule has 1 N–H and O–H groups in total. The molecule has 4 rings (SSSR count). The third kappa shape index (κ3) is 4.95. The Morgan fingerprint density at radius 3 is 2.77 bits per heavy atom. The SMILES string of the molecule is CN(C)Cc1ccc(C(=O)NC[C@@H](c2ccccc2)N2CCc3sccc3C2)cn1. The van der Waals surface area contributed by atoms with Gasteiger partial charge in [-0.3, -0.25) is 14.7 Å². The Labute approximate surface area is 182 Å². The van der Waals surface area contributed by atoms with Crippen molar-refractivity contribution < 1.29 is 4.79 Å². The highest BCUT2D eigenvalue weighted by Crippen LogP contribution is 2.30. The zero-order chi connectivity index (χ0) is 20.9. The first-order valence-electron chi connectivity index (χ1n) is 10.3. The number of carbonyl (C=O) groups excluding carboxylic acids is 1. The van der Waals surface area contributed by atoms with Crippen LogP contribution in [0.5, 0.6) is 0 Å². The Morgan fingerprint density at radius 1 is 1.20 bits per heavy atom. The molecule has 30 heavy (non-hydrogen) atoms. The van der Waals surface area contributed by atoms with Gasteiger partial charge in [-0.05, 0) is 55.2 Å². The van der Waals surface area contributed by atoms with E-state index in [0.717, 1.165) is 31.7 Å². The van der Waals surface area contributed by atoms with Gasteiger partial charge < -0.3 is 10.2 Å². The van der Waals surface area contributed by atoms with Gasteiger partial charge in [0.1, 0.15) is 0 Å². The Morgan fingerprint density at radius 2 is 2.03 bits per heavy atom. The minimum absolute atomic E-state index is 0.0759. The van der Waals surface area contributed by atoms with Gasteiger partial charge in [0.15, 0.2) is 0 Å². The van der Waals surface area contributed by atoms with Gasteiger partial charge in [0.25, 0.3) is 5.91 Å². The monoisotopic (exact) mass is 420 g/mol. The van der Waals surface area contributed by atoms with E-state index < -0.39 is 0 Å². The van der Waals surface area contributed by atoms with Crippen LogP contribution in [0.3, 0.4) is 0 Å². The minimum atomic E-state index is -0.0759. The second kappa shape index (κ2) is 9.51. The van der Waals surface area contributed by atoms with E-state index in [0.29, 0.717) is 12.1 Å². The predicted octanol–water partition coefficient (Wildman–Crippen LogP) is 3.73. The maximum atomic E-state index is 12.8. The van der Waals surface area contributed by atoms with Crippen LogP contribution in [0.15, 0.2) is 60.1 Å². The number of fused-ring (bicyclic) bond motifs is 1. The molecular formula is C24H28N4OS. The fourth-order valence-corrected chi connectivity index (χ4v) is 4.83. The van der Waals surface area contributed by atoms with Gasteiger partial charge in [-0.15, -0.1) is 11.3 Å². The van der Waals surface area contributed by atoms with Crippen molar-refractivity contribution in [1.82, 2.24) is 20.1 Å². The van der Waals surface area contributed by atoms with E-state index >= 15 is 0 Å². The van der Waals surface area contributed by atoms with Crippen molar-refractivity contribution >= 4 is 17.2 Å². The molecule has 156 valence electrons. The van der Waals surface area contributed by atoms with E-state index in [-0.39, 0.29) is 11.9 Å². The summed E-state index contributed by atoms with van der Waals surface area (Å²) in [6.45, 7) is 3.26. The molecule has 5 nitrogen and oxygen atoms in total. The number of hydrogen-bond acceptors (Lipinski definition) is 5. The fourth-order valence-electron chi connectivity index (χ4n) is 3.94. The van der Waals surface area contributed by atoms with Gasteiger partial charge in [0, 0.05) is 37.3 Å². The molecule has 0 saturated carbocycles.